The maximum Gasteiger partial charge on any atom is 0.416 e. The van der Waals surface area contributed by atoms with Crippen molar-refractivity contribution in [2.75, 3.05) is 11.0 Å². The number of amides is 1. The predicted octanol–water partition coefficient (Wildman–Crippen LogP) is 3.57. The molecule has 2 rings (SSSR count). The summed E-state index contributed by atoms with van der Waals surface area (Å²) in [6.07, 6.45) is -3.46. The summed E-state index contributed by atoms with van der Waals surface area (Å²) in [6.45, 7) is 1.62. The largest absolute Gasteiger partial charge is 0.416 e. The Bertz CT molecular complexity index is 894. The number of nitrogens with one attached hydrogen (secondary N) is 2. The minimum Gasteiger partial charge on any atom is -0.345 e. The topological polar surface area (TPSA) is 75.3 Å². The van der Waals surface area contributed by atoms with E-state index in [9.17, 15) is 26.4 Å². The van der Waals surface area contributed by atoms with Gasteiger partial charge in [-0.2, -0.15) is 13.2 Å². The third kappa shape index (κ3) is 5.22. The van der Waals surface area contributed by atoms with E-state index in [0.717, 1.165) is 18.4 Å². The number of rotatable bonds is 5. The molecule has 0 spiro atoms. The summed E-state index contributed by atoms with van der Waals surface area (Å²) in [5.41, 5.74) is -0.0637. The summed E-state index contributed by atoms with van der Waals surface area (Å²) in [4.78, 5) is 12.4. The number of halogens is 3. The van der Waals surface area contributed by atoms with Gasteiger partial charge in [-0.15, -0.1) is 0 Å². The highest BCUT2D eigenvalue weighted by molar-refractivity contribution is 7.92. The van der Waals surface area contributed by atoms with Gasteiger partial charge < -0.3 is 5.32 Å². The number of anilines is 1. The Kier molecular flexibility index (Phi) is 5.60. The fourth-order valence-corrected chi connectivity index (χ4v) is 2.87. The molecule has 0 bridgehead atoms. The summed E-state index contributed by atoms with van der Waals surface area (Å²) < 4.78 is 62.9. The van der Waals surface area contributed by atoms with Gasteiger partial charge in [-0.1, -0.05) is 24.3 Å². The molecule has 0 unspecified atom stereocenters. The fourth-order valence-electron chi connectivity index (χ4n) is 2.29. The molecule has 1 amide bonds. The Morgan fingerprint density at radius 3 is 2.15 bits per heavy atom. The summed E-state index contributed by atoms with van der Waals surface area (Å²) in [7, 11) is -3.57. The van der Waals surface area contributed by atoms with E-state index >= 15 is 0 Å². The quantitative estimate of drug-likeness (QED) is 0.825. The van der Waals surface area contributed by atoms with Crippen molar-refractivity contribution in [1.82, 2.24) is 5.32 Å². The molecule has 0 saturated carbocycles. The van der Waals surface area contributed by atoms with Crippen molar-refractivity contribution >= 4 is 21.6 Å². The van der Waals surface area contributed by atoms with Crippen LogP contribution in [0.25, 0.3) is 0 Å². The maximum atomic E-state index is 12.6. The molecule has 5 nitrogen and oxygen atoms in total. The Balaban J connectivity index is 2.17. The van der Waals surface area contributed by atoms with Gasteiger partial charge in [-0.05, 0) is 36.8 Å². The Labute approximate surface area is 149 Å². The van der Waals surface area contributed by atoms with E-state index in [2.05, 4.69) is 10.0 Å². The highest BCUT2D eigenvalue weighted by Gasteiger charge is 2.30. The SMILES string of the molecule is C[C@H](NC(=O)c1ccccc1NS(C)(=O)=O)c1ccc(C(F)(F)F)cc1. The second-order valence-electron chi connectivity index (χ2n) is 5.73. The van der Waals surface area contributed by atoms with Crippen molar-refractivity contribution in [3.05, 3.63) is 65.2 Å². The monoisotopic (exact) mass is 386 g/mol. The van der Waals surface area contributed by atoms with Crippen LogP contribution in [0, 0.1) is 0 Å². The lowest BCUT2D eigenvalue weighted by molar-refractivity contribution is -0.137. The Morgan fingerprint density at radius 1 is 1.04 bits per heavy atom. The molecule has 2 aromatic rings. The van der Waals surface area contributed by atoms with E-state index in [1.165, 1.54) is 24.3 Å². The molecule has 0 aliphatic heterocycles. The van der Waals surface area contributed by atoms with E-state index < -0.39 is 33.7 Å². The standard InChI is InChI=1S/C17H17F3N2O3S/c1-11(12-7-9-13(10-8-12)17(18,19)20)21-16(23)14-5-3-4-6-15(14)22-26(2,24)25/h3-11,22H,1-2H3,(H,21,23)/t11-/m0/s1. The predicted molar refractivity (Wildman–Crippen MR) is 92.2 cm³/mol. The molecule has 9 heteroatoms. The normalized spacial score (nSPS) is 13.1. The first-order valence-corrected chi connectivity index (χ1v) is 9.41. The minimum atomic E-state index is -4.43. The van der Waals surface area contributed by atoms with Gasteiger partial charge in [0.25, 0.3) is 5.91 Å². The number of para-hydroxylation sites is 1. The molecule has 0 aliphatic carbocycles. The van der Waals surface area contributed by atoms with Crippen molar-refractivity contribution in [2.45, 2.75) is 19.1 Å². The lowest BCUT2D eigenvalue weighted by Gasteiger charge is -2.17. The molecule has 0 saturated heterocycles. The van der Waals surface area contributed by atoms with Gasteiger partial charge >= 0.3 is 6.18 Å². The van der Waals surface area contributed by atoms with Crippen LogP contribution in [0.4, 0.5) is 18.9 Å². The summed E-state index contributed by atoms with van der Waals surface area (Å²) in [5.74, 6) is -0.552. The molecule has 0 aliphatic rings. The number of hydrogen-bond donors (Lipinski definition) is 2. The first-order chi connectivity index (χ1) is 12.0. The van der Waals surface area contributed by atoms with Crippen LogP contribution in [-0.2, 0) is 16.2 Å². The molecular weight excluding hydrogens is 369 g/mol. The molecular formula is C17H17F3N2O3S. The van der Waals surface area contributed by atoms with Crippen LogP contribution >= 0.6 is 0 Å². The van der Waals surface area contributed by atoms with E-state index in [-0.39, 0.29) is 11.3 Å². The van der Waals surface area contributed by atoms with E-state index in [4.69, 9.17) is 0 Å². The molecule has 26 heavy (non-hydrogen) atoms. The van der Waals surface area contributed by atoms with Crippen molar-refractivity contribution < 1.29 is 26.4 Å². The van der Waals surface area contributed by atoms with Gasteiger partial charge in [0, 0.05) is 0 Å². The van der Waals surface area contributed by atoms with Gasteiger partial charge in [-0.3, -0.25) is 9.52 Å². The highest BCUT2D eigenvalue weighted by Crippen LogP contribution is 2.30. The molecule has 0 radical (unpaired) electrons. The maximum absolute atomic E-state index is 12.6. The number of alkyl halides is 3. The molecule has 140 valence electrons. The number of sulfonamides is 1. The summed E-state index contributed by atoms with van der Waals surface area (Å²) in [6, 6.07) is 9.92. The third-order valence-electron chi connectivity index (χ3n) is 3.55. The number of benzene rings is 2. The molecule has 1 atom stereocenters. The zero-order valence-corrected chi connectivity index (χ0v) is 14.8. The Hall–Kier alpha value is -2.55. The van der Waals surface area contributed by atoms with E-state index in [1.54, 1.807) is 19.1 Å². The number of hydrogen-bond acceptors (Lipinski definition) is 3. The average molecular weight is 386 g/mol. The second-order valence-corrected chi connectivity index (χ2v) is 7.48. The van der Waals surface area contributed by atoms with E-state index in [1.807, 2.05) is 0 Å². The van der Waals surface area contributed by atoms with Crippen molar-refractivity contribution in [1.29, 1.82) is 0 Å². The lowest BCUT2D eigenvalue weighted by atomic mass is 10.0. The zero-order valence-electron chi connectivity index (χ0n) is 14.0. The fraction of sp³-hybridized carbons (Fsp3) is 0.235. The van der Waals surface area contributed by atoms with Crippen molar-refractivity contribution in [3.63, 3.8) is 0 Å². The van der Waals surface area contributed by atoms with Gasteiger partial charge in [0.05, 0.1) is 29.1 Å². The number of carbonyl (C=O) groups excluding carboxylic acids is 1. The van der Waals surface area contributed by atoms with Gasteiger partial charge in [-0.25, -0.2) is 8.42 Å². The van der Waals surface area contributed by atoms with Crippen molar-refractivity contribution in [3.8, 4) is 0 Å². The van der Waals surface area contributed by atoms with Crippen LogP contribution in [0.5, 0.6) is 0 Å². The van der Waals surface area contributed by atoms with Crippen LogP contribution in [-0.4, -0.2) is 20.6 Å². The first-order valence-electron chi connectivity index (χ1n) is 7.52. The smallest absolute Gasteiger partial charge is 0.345 e. The summed E-state index contributed by atoms with van der Waals surface area (Å²) in [5, 5.41) is 2.64. The third-order valence-corrected chi connectivity index (χ3v) is 4.14. The van der Waals surface area contributed by atoms with Crippen LogP contribution in [0.3, 0.4) is 0 Å². The molecule has 2 N–H and O–H groups in total. The highest BCUT2D eigenvalue weighted by atomic mass is 32.2. The zero-order chi connectivity index (χ0) is 19.5. The van der Waals surface area contributed by atoms with Crippen LogP contribution in [0.1, 0.15) is 34.5 Å². The van der Waals surface area contributed by atoms with Gasteiger partial charge in [0.1, 0.15) is 0 Å². The van der Waals surface area contributed by atoms with Gasteiger partial charge in [0.2, 0.25) is 10.0 Å². The molecule has 0 aromatic heterocycles. The minimum absolute atomic E-state index is 0.108. The Morgan fingerprint density at radius 2 is 1.62 bits per heavy atom. The van der Waals surface area contributed by atoms with Crippen LogP contribution in [0.15, 0.2) is 48.5 Å². The summed E-state index contributed by atoms with van der Waals surface area (Å²) >= 11 is 0. The number of carbonyl (C=O) groups is 1. The molecule has 2 aromatic carbocycles. The second kappa shape index (κ2) is 7.36. The first kappa shape index (κ1) is 19.8. The van der Waals surface area contributed by atoms with Crippen LogP contribution < -0.4 is 10.0 Å². The van der Waals surface area contributed by atoms with Gasteiger partial charge in [0.15, 0.2) is 0 Å². The van der Waals surface area contributed by atoms with Crippen molar-refractivity contribution in [2.24, 2.45) is 0 Å². The molecule has 0 fully saturated rings. The van der Waals surface area contributed by atoms with Crippen LogP contribution in [0.2, 0.25) is 0 Å². The van der Waals surface area contributed by atoms with E-state index in [0.29, 0.717) is 5.56 Å². The lowest BCUT2D eigenvalue weighted by Crippen LogP contribution is -2.28. The molecule has 0 heterocycles. The average Bonchev–Trinajstić information content (AvgIpc) is 2.53.